The van der Waals surface area contributed by atoms with Crippen LogP contribution in [0.3, 0.4) is 0 Å². The Morgan fingerprint density at radius 2 is 1.56 bits per heavy atom. The van der Waals surface area contributed by atoms with E-state index >= 15 is 0 Å². The number of hydrogen-bond donors (Lipinski definition) is 4. The lowest BCUT2D eigenvalue weighted by atomic mass is 10.0. The molecule has 194 valence electrons. The minimum Gasteiger partial charge on any atom is -0.489 e. The Morgan fingerprint density at radius 1 is 0.889 bits per heavy atom. The van der Waals surface area contributed by atoms with Crippen molar-refractivity contribution in [1.82, 2.24) is 21.0 Å². The highest BCUT2D eigenvalue weighted by atomic mass is 16.5. The van der Waals surface area contributed by atoms with Crippen molar-refractivity contribution in [3.8, 4) is 5.75 Å². The molecular weight excluding hydrogens is 464 g/mol. The molecule has 10 nitrogen and oxygen atoms in total. The lowest BCUT2D eigenvalue weighted by molar-refractivity contribution is -0.145. The molecule has 0 aliphatic rings. The zero-order chi connectivity index (χ0) is 26.5. The topological polar surface area (TPSA) is 137 Å². The number of benzene rings is 2. The lowest BCUT2D eigenvalue weighted by Crippen LogP contribution is -2.55. The number of likely N-dealkylation sites (N-methyl/N-ethyl adjacent to an activating group) is 1. The Balaban J connectivity index is 2.08. The summed E-state index contributed by atoms with van der Waals surface area (Å²) < 4.78 is 5.80. The van der Waals surface area contributed by atoms with E-state index in [0.717, 1.165) is 17.5 Å². The third kappa shape index (κ3) is 9.03. The van der Waals surface area contributed by atoms with Crippen molar-refractivity contribution in [2.45, 2.75) is 51.3 Å². The molecule has 0 fully saturated rings. The SMILES string of the molecule is CCCC[C@H](NC(=O)C(=O)NO)C(=O)N[C@H](Cc1ccc(OCc2ccccc2)cc1)C(=O)N(C)C. The normalized spacial score (nSPS) is 12.1. The summed E-state index contributed by atoms with van der Waals surface area (Å²) in [6, 6.07) is 15.1. The fourth-order valence-electron chi connectivity index (χ4n) is 3.43. The van der Waals surface area contributed by atoms with Gasteiger partial charge < -0.3 is 20.3 Å². The van der Waals surface area contributed by atoms with Crippen molar-refractivity contribution in [1.29, 1.82) is 0 Å². The molecule has 0 radical (unpaired) electrons. The van der Waals surface area contributed by atoms with E-state index in [1.807, 2.05) is 49.4 Å². The maximum atomic E-state index is 13.0. The predicted octanol–water partition coefficient (Wildman–Crippen LogP) is 1.56. The fraction of sp³-hybridized carbons (Fsp3) is 0.385. The van der Waals surface area contributed by atoms with Crippen molar-refractivity contribution in [2.75, 3.05) is 14.1 Å². The minimum absolute atomic E-state index is 0.216. The van der Waals surface area contributed by atoms with Crippen LogP contribution < -0.4 is 20.9 Å². The van der Waals surface area contributed by atoms with Gasteiger partial charge >= 0.3 is 11.8 Å². The number of carbonyl (C=O) groups is 4. The molecule has 0 bridgehead atoms. The first-order chi connectivity index (χ1) is 17.2. The van der Waals surface area contributed by atoms with E-state index in [9.17, 15) is 19.2 Å². The number of nitrogens with one attached hydrogen (secondary N) is 3. The first-order valence-corrected chi connectivity index (χ1v) is 11.8. The Labute approximate surface area is 211 Å². The van der Waals surface area contributed by atoms with Gasteiger partial charge in [0.05, 0.1) is 0 Å². The standard InChI is InChI=1S/C26H34N4O6/c1-4-5-11-21(27-24(32)25(33)29-35)23(31)28-22(26(34)30(2)3)16-18-12-14-20(15-13-18)36-17-19-9-7-6-8-10-19/h6-10,12-15,21-22,35H,4-5,11,16-17H2,1-3H3,(H,27,32)(H,28,31)(H,29,33)/t21-,22+/m0/s1. The summed E-state index contributed by atoms with van der Waals surface area (Å²) in [5.74, 6) is -2.66. The van der Waals surface area contributed by atoms with Crippen molar-refractivity contribution in [3.63, 3.8) is 0 Å². The maximum Gasteiger partial charge on any atom is 0.332 e. The number of unbranched alkanes of at least 4 members (excludes halogenated alkanes) is 1. The van der Waals surface area contributed by atoms with E-state index in [-0.39, 0.29) is 18.7 Å². The van der Waals surface area contributed by atoms with Crippen molar-refractivity contribution in [3.05, 3.63) is 65.7 Å². The van der Waals surface area contributed by atoms with Crippen LogP contribution in [0.25, 0.3) is 0 Å². The number of hydrogen-bond acceptors (Lipinski definition) is 6. The van der Waals surface area contributed by atoms with Crippen molar-refractivity contribution in [2.24, 2.45) is 0 Å². The van der Waals surface area contributed by atoms with E-state index in [2.05, 4.69) is 10.6 Å². The molecule has 0 saturated carbocycles. The number of amides is 4. The Hall–Kier alpha value is -3.92. The monoisotopic (exact) mass is 498 g/mol. The molecule has 0 unspecified atom stereocenters. The molecule has 0 saturated heterocycles. The summed E-state index contributed by atoms with van der Waals surface area (Å²) in [7, 11) is 3.17. The molecule has 2 aromatic carbocycles. The van der Waals surface area contributed by atoms with E-state index in [0.29, 0.717) is 18.8 Å². The molecule has 0 heterocycles. The van der Waals surface area contributed by atoms with Crippen LogP contribution in [0.4, 0.5) is 0 Å². The quantitative estimate of drug-likeness (QED) is 0.199. The van der Waals surface area contributed by atoms with Crippen molar-refractivity contribution < 1.29 is 29.1 Å². The van der Waals surface area contributed by atoms with Crippen LogP contribution >= 0.6 is 0 Å². The molecule has 2 atom stereocenters. The number of nitrogens with zero attached hydrogens (tertiary/aromatic N) is 1. The van der Waals surface area contributed by atoms with E-state index in [1.165, 1.54) is 10.4 Å². The van der Waals surface area contributed by atoms with Gasteiger partial charge in [0.25, 0.3) is 0 Å². The van der Waals surface area contributed by atoms with Crippen molar-refractivity contribution >= 4 is 23.6 Å². The summed E-state index contributed by atoms with van der Waals surface area (Å²) in [6.07, 6.45) is 1.84. The molecule has 36 heavy (non-hydrogen) atoms. The van der Waals surface area contributed by atoms with Gasteiger partial charge in [-0.25, -0.2) is 5.48 Å². The highest BCUT2D eigenvalue weighted by Crippen LogP contribution is 2.16. The first-order valence-electron chi connectivity index (χ1n) is 11.8. The second kappa shape index (κ2) is 14.5. The highest BCUT2D eigenvalue weighted by Gasteiger charge is 2.29. The average Bonchev–Trinajstić information content (AvgIpc) is 2.89. The van der Waals surface area contributed by atoms with Crippen LogP contribution in [-0.2, 0) is 32.2 Å². The number of carbonyl (C=O) groups excluding carboxylic acids is 4. The average molecular weight is 499 g/mol. The Kier molecular flexibility index (Phi) is 11.4. The van der Waals surface area contributed by atoms with E-state index < -0.39 is 29.8 Å². The van der Waals surface area contributed by atoms with Gasteiger partial charge in [0.15, 0.2) is 0 Å². The highest BCUT2D eigenvalue weighted by molar-refractivity contribution is 6.35. The van der Waals surface area contributed by atoms with Crippen LogP contribution in [-0.4, -0.2) is 59.9 Å². The number of hydroxylamine groups is 1. The summed E-state index contributed by atoms with van der Waals surface area (Å²) in [6.45, 7) is 2.35. The van der Waals surface area contributed by atoms with Gasteiger partial charge in [-0.2, -0.15) is 0 Å². The van der Waals surface area contributed by atoms with E-state index in [1.54, 1.807) is 26.2 Å². The molecule has 10 heteroatoms. The Morgan fingerprint density at radius 3 is 2.14 bits per heavy atom. The molecule has 4 N–H and O–H groups in total. The third-order valence-corrected chi connectivity index (χ3v) is 5.44. The summed E-state index contributed by atoms with van der Waals surface area (Å²) in [5, 5.41) is 13.7. The lowest BCUT2D eigenvalue weighted by Gasteiger charge is -2.25. The smallest absolute Gasteiger partial charge is 0.332 e. The Bertz CT molecular complexity index is 1010. The molecule has 0 spiro atoms. The summed E-state index contributed by atoms with van der Waals surface area (Å²) >= 11 is 0. The van der Waals surface area contributed by atoms with E-state index in [4.69, 9.17) is 9.94 Å². The van der Waals surface area contributed by atoms with Crippen LogP contribution in [0.2, 0.25) is 0 Å². The predicted molar refractivity (Wildman–Crippen MR) is 133 cm³/mol. The molecule has 0 aromatic heterocycles. The zero-order valence-corrected chi connectivity index (χ0v) is 20.8. The van der Waals surface area contributed by atoms with Crippen LogP contribution in [0.1, 0.15) is 37.3 Å². The molecule has 2 rings (SSSR count). The molecule has 4 amide bonds. The van der Waals surface area contributed by atoms with Crippen LogP contribution in [0, 0.1) is 0 Å². The van der Waals surface area contributed by atoms with Gasteiger partial charge in [-0.05, 0) is 29.7 Å². The largest absolute Gasteiger partial charge is 0.489 e. The molecular formula is C26H34N4O6. The van der Waals surface area contributed by atoms with Gasteiger partial charge in [-0.15, -0.1) is 0 Å². The molecule has 2 aromatic rings. The molecule has 0 aliphatic carbocycles. The first kappa shape index (κ1) is 28.3. The van der Waals surface area contributed by atoms with Gasteiger partial charge in [-0.1, -0.05) is 62.2 Å². The summed E-state index contributed by atoms with van der Waals surface area (Å²) in [4.78, 5) is 50.5. The zero-order valence-electron chi connectivity index (χ0n) is 20.8. The van der Waals surface area contributed by atoms with Gasteiger partial charge in [0.2, 0.25) is 11.8 Å². The summed E-state index contributed by atoms with van der Waals surface area (Å²) in [5.41, 5.74) is 3.09. The third-order valence-electron chi connectivity index (χ3n) is 5.44. The second-order valence-corrected chi connectivity index (χ2v) is 8.53. The van der Waals surface area contributed by atoms with Crippen LogP contribution in [0.5, 0.6) is 5.75 Å². The number of rotatable bonds is 12. The number of ether oxygens (including phenoxy) is 1. The van der Waals surface area contributed by atoms with Gasteiger partial charge in [0, 0.05) is 20.5 Å². The van der Waals surface area contributed by atoms with Gasteiger partial charge in [-0.3, -0.25) is 24.4 Å². The minimum atomic E-state index is -1.28. The molecule has 0 aliphatic heterocycles. The fourth-order valence-corrected chi connectivity index (χ4v) is 3.43. The van der Waals surface area contributed by atoms with Crippen LogP contribution in [0.15, 0.2) is 54.6 Å². The second-order valence-electron chi connectivity index (χ2n) is 8.53. The maximum absolute atomic E-state index is 13.0. The van der Waals surface area contributed by atoms with Gasteiger partial charge in [0.1, 0.15) is 24.4 Å².